The Labute approximate surface area is 127 Å². The number of nitrogens with two attached hydrogens (primary N) is 1. The smallest absolute Gasteiger partial charge is 0.225 e. The Balaban J connectivity index is 1.80. The van der Waals surface area contributed by atoms with E-state index in [4.69, 9.17) is 5.73 Å². The fourth-order valence-electron chi connectivity index (χ4n) is 2.57. The first-order valence-electron chi connectivity index (χ1n) is 7.61. The topological polar surface area (TPSA) is 61.6 Å². The van der Waals surface area contributed by atoms with Crippen LogP contribution in [0.25, 0.3) is 0 Å². The molecule has 0 radical (unpaired) electrons. The van der Waals surface area contributed by atoms with E-state index >= 15 is 0 Å². The molecule has 1 saturated heterocycles. The van der Waals surface area contributed by atoms with E-state index in [1.54, 1.807) is 0 Å². The average Bonchev–Trinajstić information content (AvgIpc) is 2.65. The summed E-state index contributed by atoms with van der Waals surface area (Å²) >= 11 is 0. The van der Waals surface area contributed by atoms with Gasteiger partial charge in [0.25, 0.3) is 0 Å². The maximum absolute atomic E-state index is 12.1. The fourth-order valence-corrected chi connectivity index (χ4v) is 2.57. The maximum atomic E-state index is 12.1. The van der Waals surface area contributed by atoms with Crippen molar-refractivity contribution in [3.8, 4) is 0 Å². The first-order valence-corrected chi connectivity index (χ1v) is 7.61. The van der Waals surface area contributed by atoms with Gasteiger partial charge in [0, 0.05) is 37.4 Å². The highest BCUT2D eigenvalue weighted by Crippen LogP contribution is 2.18. The predicted octanol–water partition coefficient (Wildman–Crippen LogP) is 1.54. The zero-order valence-electron chi connectivity index (χ0n) is 13.1. The quantitative estimate of drug-likeness (QED) is 0.826. The summed E-state index contributed by atoms with van der Waals surface area (Å²) in [7, 11) is 2.15. The second-order valence-corrected chi connectivity index (χ2v) is 5.87. The van der Waals surface area contributed by atoms with Crippen molar-refractivity contribution in [1.29, 1.82) is 0 Å². The number of carbonyl (C=O) groups is 1. The number of benzene rings is 1. The highest BCUT2D eigenvalue weighted by molar-refractivity contribution is 5.92. The molecule has 116 valence electrons. The minimum absolute atomic E-state index is 0.0568. The van der Waals surface area contributed by atoms with E-state index in [2.05, 4.69) is 22.2 Å². The van der Waals surface area contributed by atoms with Crippen LogP contribution in [0.2, 0.25) is 0 Å². The van der Waals surface area contributed by atoms with Crippen LogP contribution >= 0.6 is 0 Å². The van der Waals surface area contributed by atoms with Gasteiger partial charge >= 0.3 is 0 Å². The van der Waals surface area contributed by atoms with Crippen molar-refractivity contribution in [3.63, 3.8) is 0 Å². The first kappa shape index (κ1) is 15.8. The number of anilines is 2. The molecule has 1 fully saturated rings. The number of amides is 1. The molecule has 1 aromatic rings. The van der Waals surface area contributed by atoms with Crippen LogP contribution in [-0.4, -0.2) is 55.5 Å². The molecule has 5 nitrogen and oxygen atoms in total. The molecule has 0 saturated carbocycles. The Kier molecular flexibility index (Phi) is 5.59. The summed E-state index contributed by atoms with van der Waals surface area (Å²) in [5, 5.41) is 2.96. The Morgan fingerprint density at radius 2 is 2.10 bits per heavy atom. The highest BCUT2D eigenvalue weighted by Gasteiger charge is 2.13. The molecule has 21 heavy (non-hydrogen) atoms. The van der Waals surface area contributed by atoms with Crippen LogP contribution in [0.15, 0.2) is 18.2 Å². The summed E-state index contributed by atoms with van der Waals surface area (Å²) in [6, 6.07) is 5.59. The number of nitrogens with zero attached hydrogens (tertiary/aromatic N) is 2. The normalized spacial score (nSPS) is 17.4. The number of hydrogen-bond acceptors (Lipinski definition) is 4. The average molecular weight is 290 g/mol. The number of carbonyl (C=O) groups excluding carboxylic acids is 1. The number of hydrogen-bond donors (Lipinski definition) is 2. The molecule has 0 unspecified atom stereocenters. The molecule has 0 atom stereocenters. The minimum Gasteiger partial charge on any atom is -0.399 e. The number of rotatable bonds is 4. The van der Waals surface area contributed by atoms with E-state index in [9.17, 15) is 4.79 Å². The van der Waals surface area contributed by atoms with Gasteiger partial charge in [0.1, 0.15) is 0 Å². The van der Waals surface area contributed by atoms with Crippen molar-refractivity contribution in [2.75, 3.05) is 50.8 Å². The summed E-state index contributed by atoms with van der Waals surface area (Å²) in [5.41, 5.74) is 8.28. The number of nitrogen functional groups attached to an aromatic ring is 1. The Morgan fingerprint density at radius 1 is 1.29 bits per heavy atom. The molecule has 5 heteroatoms. The van der Waals surface area contributed by atoms with Gasteiger partial charge in [0.2, 0.25) is 5.91 Å². The Morgan fingerprint density at radius 3 is 2.90 bits per heavy atom. The molecule has 1 aliphatic rings. The summed E-state index contributed by atoms with van der Waals surface area (Å²) in [6.07, 6.45) is 1.70. The lowest BCUT2D eigenvalue weighted by molar-refractivity contribution is -0.116. The molecule has 0 bridgehead atoms. The van der Waals surface area contributed by atoms with Crippen molar-refractivity contribution < 1.29 is 4.79 Å². The SMILES string of the molecule is Cc1ccc(N)cc1NC(=O)CCN1CCCN(C)CC1. The molecule has 3 N–H and O–H groups in total. The van der Waals surface area contributed by atoms with E-state index in [0.29, 0.717) is 12.1 Å². The summed E-state index contributed by atoms with van der Waals surface area (Å²) in [5.74, 6) is 0.0568. The Bertz CT molecular complexity index is 489. The molecule has 0 aliphatic carbocycles. The molecule has 1 aliphatic heterocycles. The van der Waals surface area contributed by atoms with E-state index in [1.165, 1.54) is 6.42 Å². The summed E-state index contributed by atoms with van der Waals surface area (Å²) < 4.78 is 0. The van der Waals surface area contributed by atoms with Crippen molar-refractivity contribution in [1.82, 2.24) is 9.80 Å². The minimum atomic E-state index is 0.0568. The van der Waals surface area contributed by atoms with Crippen molar-refractivity contribution in [2.45, 2.75) is 19.8 Å². The van der Waals surface area contributed by atoms with Crippen LogP contribution in [0, 0.1) is 6.92 Å². The number of nitrogens with one attached hydrogen (secondary N) is 1. The lowest BCUT2D eigenvalue weighted by Crippen LogP contribution is -2.31. The third kappa shape index (κ3) is 5.02. The monoisotopic (exact) mass is 290 g/mol. The lowest BCUT2D eigenvalue weighted by Gasteiger charge is -2.19. The highest BCUT2D eigenvalue weighted by atomic mass is 16.1. The van der Waals surface area contributed by atoms with Crippen molar-refractivity contribution in [3.05, 3.63) is 23.8 Å². The standard InChI is InChI=1S/C16H26N4O/c1-13-4-5-14(17)12-15(13)18-16(21)6-9-20-8-3-7-19(2)10-11-20/h4-5,12H,3,6-11,17H2,1-2H3,(H,18,21). The van der Waals surface area contributed by atoms with Gasteiger partial charge in [-0.15, -0.1) is 0 Å². The molecule has 0 spiro atoms. The van der Waals surface area contributed by atoms with E-state index in [0.717, 1.165) is 44.0 Å². The van der Waals surface area contributed by atoms with Crippen LogP contribution in [-0.2, 0) is 4.79 Å². The van der Waals surface area contributed by atoms with Crippen molar-refractivity contribution >= 4 is 17.3 Å². The second-order valence-electron chi connectivity index (χ2n) is 5.87. The number of likely N-dealkylation sites (N-methyl/N-ethyl adjacent to an activating group) is 1. The molecule has 0 aromatic heterocycles. The predicted molar refractivity (Wildman–Crippen MR) is 87.4 cm³/mol. The van der Waals surface area contributed by atoms with Gasteiger partial charge < -0.3 is 20.9 Å². The van der Waals surface area contributed by atoms with Gasteiger partial charge in [-0.25, -0.2) is 0 Å². The number of aryl methyl sites for hydroxylation is 1. The zero-order valence-corrected chi connectivity index (χ0v) is 13.1. The molecular formula is C16H26N4O. The van der Waals surface area contributed by atoms with Gasteiger partial charge in [-0.2, -0.15) is 0 Å². The van der Waals surface area contributed by atoms with E-state index < -0.39 is 0 Å². The van der Waals surface area contributed by atoms with Crippen LogP contribution < -0.4 is 11.1 Å². The molecule has 1 heterocycles. The van der Waals surface area contributed by atoms with Gasteiger partial charge in [-0.05, 0) is 51.2 Å². The first-order chi connectivity index (χ1) is 10.0. The van der Waals surface area contributed by atoms with Crippen LogP contribution in [0.1, 0.15) is 18.4 Å². The molecule has 2 rings (SSSR count). The second kappa shape index (κ2) is 7.43. The lowest BCUT2D eigenvalue weighted by atomic mass is 10.2. The molecule has 1 amide bonds. The van der Waals surface area contributed by atoms with Gasteiger partial charge in [0.05, 0.1) is 0 Å². The fraction of sp³-hybridized carbons (Fsp3) is 0.562. The van der Waals surface area contributed by atoms with Crippen LogP contribution in [0.4, 0.5) is 11.4 Å². The maximum Gasteiger partial charge on any atom is 0.225 e. The van der Waals surface area contributed by atoms with Crippen LogP contribution in [0.3, 0.4) is 0 Å². The summed E-state index contributed by atoms with van der Waals surface area (Å²) in [6.45, 7) is 7.14. The Hall–Kier alpha value is -1.59. The van der Waals surface area contributed by atoms with Gasteiger partial charge in [-0.1, -0.05) is 6.07 Å². The van der Waals surface area contributed by atoms with E-state index in [1.807, 2.05) is 25.1 Å². The third-order valence-electron chi connectivity index (χ3n) is 4.00. The summed E-state index contributed by atoms with van der Waals surface area (Å²) in [4.78, 5) is 16.8. The molecular weight excluding hydrogens is 264 g/mol. The van der Waals surface area contributed by atoms with Crippen LogP contribution in [0.5, 0.6) is 0 Å². The van der Waals surface area contributed by atoms with E-state index in [-0.39, 0.29) is 5.91 Å². The largest absolute Gasteiger partial charge is 0.399 e. The molecule has 1 aromatic carbocycles. The van der Waals surface area contributed by atoms with Gasteiger partial charge in [0.15, 0.2) is 0 Å². The zero-order chi connectivity index (χ0) is 15.2. The van der Waals surface area contributed by atoms with Crippen molar-refractivity contribution in [2.24, 2.45) is 0 Å². The third-order valence-corrected chi connectivity index (χ3v) is 4.00. The van der Waals surface area contributed by atoms with Gasteiger partial charge in [-0.3, -0.25) is 4.79 Å².